The second kappa shape index (κ2) is 6.05. The van der Waals surface area contributed by atoms with E-state index in [0.717, 1.165) is 10.9 Å². The van der Waals surface area contributed by atoms with E-state index < -0.39 is 0 Å². The van der Waals surface area contributed by atoms with Gasteiger partial charge in [-0.25, -0.2) is 0 Å². The monoisotopic (exact) mass is 253 g/mol. The summed E-state index contributed by atoms with van der Waals surface area (Å²) in [6.07, 6.45) is 0. The van der Waals surface area contributed by atoms with Gasteiger partial charge in [-0.15, -0.1) is 0 Å². The quantitative estimate of drug-likeness (QED) is 0.820. The lowest BCUT2D eigenvalue weighted by Crippen LogP contribution is -2.49. The average Bonchev–Trinajstić information content (AvgIpc) is 2.40. The molecule has 19 heavy (non-hydrogen) atoms. The third-order valence-corrected chi connectivity index (χ3v) is 2.83. The van der Waals surface area contributed by atoms with Crippen LogP contribution in [0.2, 0.25) is 0 Å². The Morgan fingerprint density at radius 1 is 0.895 bits per heavy atom. The van der Waals surface area contributed by atoms with Gasteiger partial charge in [0.2, 0.25) is 0 Å². The molecule has 2 N–H and O–H groups in total. The van der Waals surface area contributed by atoms with Gasteiger partial charge in [0.05, 0.1) is 0 Å². The molecular weight excluding hydrogens is 233 g/mol. The molecule has 0 saturated heterocycles. The van der Waals surface area contributed by atoms with Gasteiger partial charge in [0.15, 0.2) is 0 Å². The van der Waals surface area contributed by atoms with Crippen molar-refractivity contribution in [3.8, 4) is 0 Å². The molecule has 0 saturated carbocycles. The van der Waals surface area contributed by atoms with Gasteiger partial charge in [-0.05, 0) is 24.8 Å². The van der Waals surface area contributed by atoms with Gasteiger partial charge < -0.3 is 10.4 Å². The van der Waals surface area contributed by atoms with Gasteiger partial charge in [-0.2, -0.15) is 0 Å². The van der Waals surface area contributed by atoms with Crippen molar-refractivity contribution in [2.75, 3.05) is 6.61 Å². The lowest BCUT2D eigenvalue weighted by atomic mass is 9.55. The minimum absolute atomic E-state index is 0.0646. The van der Waals surface area contributed by atoms with Crippen molar-refractivity contribution in [1.82, 2.24) is 0 Å². The van der Waals surface area contributed by atoms with Crippen LogP contribution in [0.25, 0.3) is 0 Å². The number of hydrogen-bond donors (Lipinski definition) is 1. The van der Waals surface area contributed by atoms with E-state index in [1.54, 1.807) is 0 Å². The number of rotatable bonds is 5. The van der Waals surface area contributed by atoms with Crippen molar-refractivity contribution < 1.29 is 4.65 Å². The molecule has 2 aromatic carbocycles. The van der Waals surface area contributed by atoms with Crippen molar-refractivity contribution in [3.63, 3.8) is 0 Å². The van der Waals surface area contributed by atoms with Gasteiger partial charge in [0.1, 0.15) is 0 Å². The molecule has 0 aliphatic heterocycles. The molecule has 2 aromatic rings. The zero-order chi connectivity index (χ0) is 13.7. The molecule has 0 amide bonds. The maximum absolute atomic E-state index is 6.05. The highest BCUT2D eigenvalue weighted by atomic mass is 16.4. The Hall–Kier alpha value is -1.58. The van der Waals surface area contributed by atoms with Crippen LogP contribution >= 0.6 is 0 Å². The Kier molecular flexibility index (Phi) is 4.41. The first-order chi connectivity index (χ1) is 9.06. The molecular formula is C16H20BNO. The summed E-state index contributed by atoms with van der Waals surface area (Å²) in [6, 6.07) is 20.5. The van der Waals surface area contributed by atoms with Crippen molar-refractivity contribution in [2.24, 2.45) is 5.73 Å². The summed E-state index contributed by atoms with van der Waals surface area (Å²) in [5.74, 6) is 0. The van der Waals surface area contributed by atoms with Crippen LogP contribution in [0, 0.1) is 0 Å². The van der Waals surface area contributed by atoms with Crippen LogP contribution in [0.5, 0.6) is 0 Å². The zero-order valence-electron chi connectivity index (χ0n) is 11.5. The van der Waals surface area contributed by atoms with E-state index in [1.165, 1.54) is 0 Å². The maximum atomic E-state index is 6.05. The van der Waals surface area contributed by atoms with E-state index in [1.807, 2.05) is 50.2 Å². The van der Waals surface area contributed by atoms with Gasteiger partial charge in [-0.3, -0.25) is 0 Å². The molecule has 0 aromatic heterocycles. The van der Waals surface area contributed by atoms with Crippen LogP contribution < -0.4 is 16.7 Å². The van der Waals surface area contributed by atoms with E-state index in [4.69, 9.17) is 10.4 Å². The van der Waals surface area contributed by atoms with Crippen LogP contribution in [0.3, 0.4) is 0 Å². The standard InChI is InChI=1S/C16H20BNO/c1-16(2,18)13-19-17(14-9-5-3-6-10-14)15-11-7-4-8-12-15/h3-12H,13,18H2,1-2H3. The highest BCUT2D eigenvalue weighted by molar-refractivity contribution is 6.80. The van der Waals surface area contributed by atoms with Gasteiger partial charge in [-0.1, -0.05) is 60.7 Å². The van der Waals surface area contributed by atoms with E-state index in [0.29, 0.717) is 6.61 Å². The van der Waals surface area contributed by atoms with Crippen LogP contribution in [-0.4, -0.2) is 19.1 Å². The Bertz CT molecular complexity index is 454. The zero-order valence-corrected chi connectivity index (χ0v) is 11.5. The molecule has 0 aliphatic rings. The van der Waals surface area contributed by atoms with E-state index in [9.17, 15) is 0 Å². The van der Waals surface area contributed by atoms with Crippen molar-refractivity contribution >= 4 is 17.8 Å². The van der Waals surface area contributed by atoms with Gasteiger partial charge >= 0.3 is 6.92 Å². The molecule has 3 heteroatoms. The minimum atomic E-state index is -0.332. The largest absolute Gasteiger partial charge is 0.425 e. The van der Waals surface area contributed by atoms with Crippen LogP contribution in [0.4, 0.5) is 0 Å². The second-order valence-electron chi connectivity index (χ2n) is 5.50. The van der Waals surface area contributed by atoms with Crippen molar-refractivity contribution in [2.45, 2.75) is 19.4 Å². The molecule has 0 heterocycles. The Balaban J connectivity index is 2.24. The second-order valence-corrected chi connectivity index (χ2v) is 5.50. The summed E-state index contributed by atoms with van der Waals surface area (Å²) in [5, 5.41) is 0. The highest BCUT2D eigenvalue weighted by Crippen LogP contribution is 2.01. The molecule has 2 rings (SSSR count). The topological polar surface area (TPSA) is 35.2 Å². The van der Waals surface area contributed by atoms with Crippen LogP contribution in [0.15, 0.2) is 60.7 Å². The normalized spacial score (nSPS) is 11.3. The first-order valence-corrected chi connectivity index (χ1v) is 6.57. The van der Waals surface area contributed by atoms with Crippen molar-refractivity contribution in [3.05, 3.63) is 60.7 Å². The van der Waals surface area contributed by atoms with E-state index in [-0.39, 0.29) is 12.5 Å². The number of hydrogen-bond acceptors (Lipinski definition) is 2. The lowest BCUT2D eigenvalue weighted by molar-refractivity contribution is 0.252. The van der Waals surface area contributed by atoms with Crippen LogP contribution in [-0.2, 0) is 4.65 Å². The Labute approximate surface area is 115 Å². The van der Waals surface area contributed by atoms with E-state index >= 15 is 0 Å². The SMILES string of the molecule is CC(C)(N)COB(c1ccccc1)c1ccccc1. The molecule has 0 aliphatic carbocycles. The molecule has 98 valence electrons. The first kappa shape index (κ1) is 13.8. The maximum Gasteiger partial charge on any atom is 0.361 e. The fourth-order valence-electron chi connectivity index (χ4n) is 1.94. The summed E-state index contributed by atoms with van der Waals surface area (Å²) in [4.78, 5) is 0. The predicted molar refractivity (Wildman–Crippen MR) is 82.1 cm³/mol. The third-order valence-electron chi connectivity index (χ3n) is 2.83. The Morgan fingerprint density at radius 3 is 1.68 bits per heavy atom. The highest BCUT2D eigenvalue weighted by Gasteiger charge is 2.23. The molecule has 0 atom stereocenters. The summed E-state index contributed by atoms with van der Waals surface area (Å²) in [5.41, 5.74) is 7.99. The van der Waals surface area contributed by atoms with E-state index in [2.05, 4.69) is 24.3 Å². The lowest BCUT2D eigenvalue weighted by Gasteiger charge is -2.23. The smallest absolute Gasteiger partial charge is 0.361 e. The Morgan fingerprint density at radius 2 is 1.32 bits per heavy atom. The first-order valence-electron chi connectivity index (χ1n) is 6.57. The summed E-state index contributed by atoms with van der Waals surface area (Å²) in [6.45, 7) is 4.40. The summed E-state index contributed by atoms with van der Waals surface area (Å²) >= 11 is 0. The molecule has 0 bridgehead atoms. The molecule has 0 fully saturated rings. The van der Waals surface area contributed by atoms with Crippen molar-refractivity contribution in [1.29, 1.82) is 0 Å². The van der Waals surface area contributed by atoms with Gasteiger partial charge in [0, 0.05) is 12.1 Å². The predicted octanol–water partition coefficient (Wildman–Crippen LogP) is 1.55. The summed E-state index contributed by atoms with van der Waals surface area (Å²) < 4.78 is 6.05. The fraction of sp³-hybridized carbons (Fsp3) is 0.250. The molecule has 2 nitrogen and oxygen atoms in total. The molecule has 0 unspecified atom stereocenters. The minimum Gasteiger partial charge on any atom is -0.425 e. The third kappa shape index (κ3) is 4.23. The number of benzene rings is 2. The molecule has 0 spiro atoms. The summed E-state index contributed by atoms with van der Waals surface area (Å²) in [7, 11) is 0. The molecule has 0 radical (unpaired) electrons. The van der Waals surface area contributed by atoms with Crippen LogP contribution in [0.1, 0.15) is 13.8 Å². The average molecular weight is 253 g/mol. The fourth-order valence-corrected chi connectivity index (χ4v) is 1.94. The number of nitrogens with two attached hydrogens (primary N) is 1. The van der Waals surface area contributed by atoms with Gasteiger partial charge in [0.25, 0.3) is 0 Å².